The monoisotopic (exact) mass is 442 g/mol. The van der Waals surface area contributed by atoms with Gasteiger partial charge in [-0.15, -0.1) is 0 Å². The van der Waals surface area contributed by atoms with Gasteiger partial charge in [0.05, 0.1) is 14.2 Å². The molecule has 4 nitrogen and oxygen atoms in total. The van der Waals surface area contributed by atoms with Crippen LogP contribution in [0.1, 0.15) is 27.0 Å². The zero-order valence-corrected chi connectivity index (χ0v) is 18.4. The predicted molar refractivity (Wildman–Crippen MR) is 125 cm³/mol. The van der Waals surface area contributed by atoms with Crippen LogP contribution in [0.25, 0.3) is 0 Å². The zero-order valence-electron chi connectivity index (χ0n) is 18.4. The molecular formula is C28H23FO4. The fraction of sp³-hybridized carbons (Fsp3) is 0.107. The molecule has 0 aliphatic heterocycles. The minimum Gasteiger partial charge on any atom is -0.493 e. The number of ether oxygens (including phenoxy) is 3. The highest BCUT2D eigenvalue weighted by Gasteiger charge is 2.18. The number of hydrogen-bond donors (Lipinski definition) is 0. The van der Waals surface area contributed by atoms with Crippen LogP contribution in [0.5, 0.6) is 23.0 Å². The maximum Gasteiger partial charge on any atom is 0.193 e. The van der Waals surface area contributed by atoms with Crippen molar-refractivity contribution in [1.82, 2.24) is 0 Å². The molecular weight excluding hydrogens is 419 g/mol. The second-order valence-corrected chi connectivity index (χ2v) is 7.44. The molecule has 4 rings (SSSR count). The lowest BCUT2D eigenvalue weighted by atomic mass is 9.96. The molecule has 0 saturated carbocycles. The number of rotatable bonds is 8. The van der Waals surface area contributed by atoms with Gasteiger partial charge in [0.1, 0.15) is 17.3 Å². The van der Waals surface area contributed by atoms with Crippen LogP contribution < -0.4 is 14.2 Å². The van der Waals surface area contributed by atoms with Gasteiger partial charge >= 0.3 is 0 Å². The lowest BCUT2D eigenvalue weighted by Crippen LogP contribution is -2.05. The van der Waals surface area contributed by atoms with Crippen molar-refractivity contribution in [2.45, 2.75) is 6.42 Å². The molecule has 0 spiro atoms. The van der Waals surface area contributed by atoms with Gasteiger partial charge in [0, 0.05) is 23.1 Å². The summed E-state index contributed by atoms with van der Waals surface area (Å²) in [6.07, 6.45) is 0.463. The normalized spacial score (nSPS) is 10.5. The molecule has 166 valence electrons. The first-order valence-electron chi connectivity index (χ1n) is 10.4. The lowest BCUT2D eigenvalue weighted by Gasteiger charge is -2.15. The van der Waals surface area contributed by atoms with E-state index in [1.807, 2.05) is 30.3 Å². The van der Waals surface area contributed by atoms with Crippen molar-refractivity contribution in [2.75, 3.05) is 14.2 Å². The summed E-state index contributed by atoms with van der Waals surface area (Å²) in [6.45, 7) is 0. The van der Waals surface area contributed by atoms with Gasteiger partial charge in [-0.2, -0.15) is 0 Å². The number of hydrogen-bond acceptors (Lipinski definition) is 4. The summed E-state index contributed by atoms with van der Waals surface area (Å²) in [4.78, 5) is 13.2. The highest BCUT2D eigenvalue weighted by atomic mass is 19.1. The Hall–Kier alpha value is -4.12. The molecule has 0 aromatic heterocycles. The molecule has 0 fully saturated rings. The average molecular weight is 442 g/mol. The summed E-state index contributed by atoms with van der Waals surface area (Å²) >= 11 is 0. The molecule has 5 heteroatoms. The van der Waals surface area contributed by atoms with E-state index in [2.05, 4.69) is 0 Å². The van der Waals surface area contributed by atoms with E-state index in [0.29, 0.717) is 34.8 Å². The van der Waals surface area contributed by atoms with E-state index in [1.165, 1.54) is 19.2 Å². The van der Waals surface area contributed by atoms with Crippen LogP contribution in [0.4, 0.5) is 4.39 Å². The SMILES string of the molecule is COc1cc(C(=O)c2ccc(Oc3ccccc3)cc2)cc(Cc2ccc(F)cc2)c1OC. The number of benzene rings is 4. The Morgan fingerprint density at radius 1 is 0.758 bits per heavy atom. The summed E-state index contributed by atoms with van der Waals surface area (Å²) < 4.78 is 30.1. The molecule has 0 radical (unpaired) electrons. The first kappa shape index (κ1) is 22.1. The van der Waals surface area contributed by atoms with E-state index >= 15 is 0 Å². The van der Waals surface area contributed by atoms with Gasteiger partial charge in [-0.3, -0.25) is 4.79 Å². The summed E-state index contributed by atoms with van der Waals surface area (Å²) in [5.74, 6) is 1.92. The number of halogens is 1. The standard InChI is InChI=1S/C28H23FO4/c1-31-26-18-21(17-22(28(26)32-2)16-19-8-12-23(29)13-9-19)27(30)20-10-14-25(15-11-20)33-24-6-4-3-5-7-24/h3-15,17-18H,16H2,1-2H3. The molecule has 0 unspecified atom stereocenters. The van der Waals surface area contributed by atoms with Crippen molar-refractivity contribution in [3.05, 3.63) is 119 Å². The summed E-state index contributed by atoms with van der Waals surface area (Å²) in [5.41, 5.74) is 2.66. The summed E-state index contributed by atoms with van der Waals surface area (Å²) in [6, 6.07) is 26.1. The zero-order chi connectivity index (χ0) is 23.2. The van der Waals surface area contributed by atoms with Crippen molar-refractivity contribution in [3.63, 3.8) is 0 Å². The molecule has 0 bridgehead atoms. The third kappa shape index (κ3) is 5.21. The number of carbonyl (C=O) groups excluding carboxylic acids is 1. The van der Waals surface area contributed by atoms with Crippen molar-refractivity contribution in [3.8, 4) is 23.0 Å². The largest absolute Gasteiger partial charge is 0.493 e. The van der Waals surface area contributed by atoms with Gasteiger partial charge in [-0.25, -0.2) is 4.39 Å². The van der Waals surface area contributed by atoms with E-state index in [4.69, 9.17) is 14.2 Å². The fourth-order valence-electron chi connectivity index (χ4n) is 3.59. The van der Waals surface area contributed by atoms with Crippen LogP contribution >= 0.6 is 0 Å². The van der Waals surface area contributed by atoms with Crippen molar-refractivity contribution >= 4 is 5.78 Å². The first-order valence-corrected chi connectivity index (χ1v) is 10.4. The Labute approximate surface area is 192 Å². The minimum atomic E-state index is -0.299. The molecule has 0 aliphatic carbocycles. The Morgan fingerprint density at radius 3 is 2.06 bits per heavy atom. The van der Waals surface area contributed by atoms with Crippen molar-refractivity contribution in [2.24, 2.45) is 0 Å². The highest BCUT2D eigenvalue weighted by Crippen LogP contribution is 2.35. The number of para-hydroxylation sites is 1. The molecule has 4 aromatic rings. The lowest BCUT2D eigenvalue weighted by molar-refractivity contribution is 0.103. The predicted octanol–water partition coefficient (Wildman–Crippen LogP) is 6.46. The Bertz CT molecular complexity index is 1230. The maximum absolute atomic E-state index is 13.3. The molecule has 0 saturated heterocycles. The van der Waals surface area contributed by atoms with Gasteiger partial charge in [-0.1, -0.05) is 30.3 Å². The second kappa shape index (κ2) is 10.0. The molecule has 4 aromatic carbocycles. The van der Waals surface area contributed by atoms with E-state index in [9.17, 15) is 9.18 Å². The molecule has 0 atom stereocenters. The van der Waals surface area contributed by atoms with Crippen molar-refractivity contribution in [1.29, 1.82) is 0 Å². The third-order valence-corrected chi connectivity index (χ3v) is 5.22. The van der Waals surface area contributed by atoms with E-state index in [0.717, 1.165) is 16.9 Å². The number of methoxy groups -OCH3 is 2. The molecule has 0 heterocycles. The van der Waals surface area contributed by atoms with E-state index in [1.54, 1.807) is 55.6 Å². The van der Waals surface area contributed by atoms with Gasteiger partial charge in [-0.05, 0) is 66.2 Å². The van der Waals surface area contributed by atoms with Gasteiger partial charge in [0.2, 0.25) is 0 Å². The number of carbonyl (C=O) groups is 1. The summed E-state index contributed by atoms with van der Waals surface area (Å²) in [7, 11) is 3.09. The molecule has 0 N–H and O–H groups in total. The second-order valence-electron chi connectivity index (χ2n) is 7.44. The Kier molecular flexibility index (Phi) is 6.69. The Balaban J connectivity index is 1.62. The van der Waals surface area contributed by atoms with Gasteiger partial charge in [0.25, 0.3) is 0 Å². The number of ketones is 1. The third-order valence-electron chi connectivity index (χ3n) is 5.22. The van der Waals surface area contributed by atoms with Crippen molar-refractivity contribution < 1.29 is 23.4 Å². The smallest absolute Gasteiger partial charge is 0.193 e. The van der Waals surface area contributed by atoms with Crippen LogP contribution in [-0.4, -0.2) is 20.0 Å². The van der Waals surface area contributed by atoms with Crippen LogP contribution in [0.3, 0.4) is 0 Å². The fourth-order valence-corrected chi connectivity index (χ4v) is 3.59. The highest BCUT2D eigenvalue weighted by molar-refractivity contribution is 6.09. The quantitative estimate of drug-likeness (QED) is 0.294. The average Bonchev–Trinajstić information content (AvgIpc) is 2.85. The molecule has 0 aliphatic rings. The first-order chi connectivity index (χ1) is 16.1. The van der Waals surface area contributed by atoms with Crippen LogP contribution in [0.15, 0.2) is 91.0 Å². The minimum absolute atomic E-state index is 0.150. The Morgan fingerprint density at radius 2 is 1.42 bits per heavy atom. The summed E-state index contributed by atoms with van der Waals surface area (Å²) in [5, 5.41) is 0. The maximum atomic E-state index is 13.3. The van der Waals surface area contributed by atoms with Crippen LogP contribution in [-0.2, 0) is 6.42 Å². The molecule has 33 heavy (non-hydrogen) atoms. The van der Waals surface area contributed by atoms with Crippen LogP contribution in [0.2, 0.25) is 0 Å². The topological polar surface area (TPSA) is 44.8 Å². The molecule has 0 amide bonds. The van der Waals surface area contributed by atoms with Gasteiger partial charge < -0.3 is 14.2 Å². The van der Waals surface area contributed by atoms with Crippen LogP contribution in [0, 0.1) is 5.82 Å². The van der Waals surface area contributed by atoms with E-state index < -0.39 is 0 Å². The van der Waals surface area contributed by atoms with E-state index in [-0.39, 0.29) is 11.6 Å². The van der Waals surface area contributed by atoms with Gasteiger partial charge in [0.15, 0.2) is 17.3 Å².